The van der Waals surface area contributed by atoms with Gasteiger partial charge in [-0.25, -0.2) is 9.78 Å². The quantitative estimate of drug-likeness (QED) is 0.663. The molecule has 3 rings (SSSR count). The number of nitrogens with zero attached hydrogens (tertiary/aromatic N) is 3. The van der Waals surface area contributed by atoms with Gasteiger partial charge >= 0.3 is 6.09 Å². The Bertz CT molecular complexity index is 760. The van der Waals surface area contributed by atoms with Gasteiger partial charge in [0.25, 0.3) is 5.69 Å². The van der Waals surface area contributed by atoms with Gasteiger partial charge in [-0.3, -0.25) is 10.1 Å². The Kier molecular flexibility index (Phi) is 3.57. The first-order valence-electron chi connectivity index (χ1n) is 6.74. The molecule has 0 spiro atoms. The molecular formula is C13H14N4O4S. The van der Waals surface area contributed by atoms with Crippen molar-refractivity contribution in [2.24, 2.45) is 0 Å². The number of hydrogen-bond acceptors (Lipinski definition) is 6. The SMILES string of the molecule is Cc1nc2c(N3CC[C@@H](NC(=O)O)C3)c([N+](=O)[O-])ccc2s1. The smallest absolute Gasteiger partial charge is 0.404 e. The molecule has 116 valence electrons. The average molecular weight is 322 g/mol. The van der Waals surface area contributed by atoms with Crippen LogP contribution in [0.5, 0.6) is 0 Å². The van der Waals surface area contributed by atoms with E-state index in [1.807, 2.05) is 11.8 Å². The van der Waals surface area contributed by atoms with Gasteiger partial charge in [-0.05, 0) is 19.4 Å². The number of benzene rings is 1. The minimum absolute atomic E-state index is 0.00813. The van der Waals surface area contributed by atoms with Gasteiger partial charge < -0.3 is 15.3 Å². The van der Waals surface area contributed by atoms with E-state index in [0.717, 1.165) is 9.71 Å². The lowest BCUT2D eigenvalue weighted by atomic mass is 10.2. The molecule has 1 fully saturated rings. The van der Waals surface area contributed by atoms with Crippen molar-refractivity contribution in [1.82, 2.24) is 10.3 Å². The van der Waals surface area contributed by atoms with Crippen molar-refractivity contribution >= 4 is 39.0 Å². The van der Waals surface area contributed by atoms with Gasteiger partial charge in [-0.2, -0.15) is 0 Å². The Morgan fingerprint density at radius 1 is 1.59 bits per heavy atom. The molecule has 2 heterocycles. The number of carboxylic acid groups (broad SMARTS) is 1. The number of nitro groups is 1. The molecule has 1 atom stereocenters. The predicted octanol–water partition coefficient (Wildman–Crippen LogP) is 2.36. The first kappa shape index (κ1) is 14.5. The zero-order valence-electron chi connectivity index (χ0n) is 11.8. The lowest BCUT2D eigenvalue weighted by Gasteiger charge is -2.19. The summed E-state index contributed by atoms with van der Waals surface area (Å²) in [6, 6.07) is 2.98. The number of amides is 1. The normalized spacial score (nSPS) is 17.9. The summed E-state index contributed by atoms with van der Waals surface area (Å²) in [6.07, 6.45) is -0.466. The number of rotatable bonds is 3. The van der Waals surface area contributed by atoms with Crippen LogP contribution in [0, 0.1) is 17.0 Å². The van der Waals surface area contributed by atoms with Crippen LogP contribution in [0.3, 0.4) is 0 Å². The van der Waals surface area contributed by atoms with Crippen molar-refractivity contribution in [3.05, 3.63) is 27.3 Å². The van der Waals surface area contributed by atoms with E-state index in [2.05, 4.69) is 10.3 Å². The van der Waals surface area contributed by atoms with E-state index < -0.39 is 11.0 Å². The van der Waals surface area contributed by atoms with E-state index >= 15 is 0 Å². The second kappa shape index (κ2) is 5.41. The van der Waals surface area contributed by atoms with Gasteiger partial charge in [0, 0.05) is 19.2 Å². The molecule has 1 aromatic carbocycles. The highest BCUT2D eigenvalue weighted by Crippen LogP contribution is 2.39. The van der Waals surface area contributed by atoms with Crippen molar-refractivity contribution in [3.63, 3.8) is 0 Å². The second-order valence-electron chi connectivity index (χ2n) is 5.15. The molecular weight excluding hydrogens is 308 g/mol. The summed E-state index contributed by atoms with van der Waals surface area (Å²) in [4.78, 5) is 27.9. The fourth-order valence-corrected chi connectivity index (χ4v) is 3.63. The van der Waals surface area contributed by atoms with Crippen molar-refractivity contribution in [1.29, 1.82) is 0 Å². The van der Waals surface area contributed by atoms with Crippen LogP contribution in [0.2, 0.25) is 0 Å². The Labute approximate surface area is 129 Å². The van der Waals surface area contributed by atoms with Crippen molar-refractivity contribution in [2.75, 3.05) is 18.0 Å². The van der Waals surface area contributed by atoms with Crippen molar-refractivity contribution in [2.45, 2.75) is 19.4 Å². The van der Waals surface area contributed by atoms with Gasteiger partial charge in [0.2, 0.25) is 0 Å². The van der Waals surface area contributed by atoms with Crippen molar-refractivity contribution < 1.29 is 14.8 Å². The molecule has 9 heteroatoms. The molecule has 1 aliphatic rings. The number of aromatic nitrogens is 1. The summed E-state index contributed by atoms with van der Waals surface area (Å²) in [5.41, 5.74) is 1.11. The summed E-state index contributed by atoms with van der Waals surface area (Å²) in [6.45, 7) is 2.82. The summed E-state index contributed by atoms with van der Waals surface area (Å²) in [7, 11) is 0. The van der Waals surface area contributed by atoms with E-state index in [-0.39, 0.29) is 11.7 Å². The molecule has 2 N–H and O–H groups in total. The summed E-state index contributed by atoms with van der Waals surface area (Å²) < 4.78 is 0.896. The zero-order valence-corrected chi connectivity index (χ0v) is 12.6. The third-order valence-corrected chi connectivity index (χ3v) is 4.58. The number of aryl methyl sites for hydroxylation is 1. The van der Waals surface area contributed by atoms with Crippen LogP contribution in [0.4, 0.5) is 16.2 Å². The number of anilines is 1. The fraction of sp³-hybridized carbons (Fsp3) is 0.385. The first-order valence-corrected chi connectivity index (χ1v) is 7.56. The van der Waals surface area contributed by atoms with Crippen LogP contribution in [-0.4, -0.2) is 40.2 Å². The lowest BCUT2D eigenvalue weighted by Crippen LogP contribution is -2.36. The number of hydrogen-bond donors (Lipinski definition) is 2. The maximum Gasteiger partial charge on any atom is 0.404 e. The molecule has 1 saturated heterocycles. The lowest BCUT2D eigenvalue weighted by molar-refractivity contribution is -0.384. The second-order valence-corrected chi connectivity index (χ2v) is 6.39. The highest BCUT2D eigenvalue weighted by Gasteiger charge is 2.31. The fourth-order valence-electron chi connectivity index (χ4n) is 2.80. The minimum atomic E-state index is -1.08. The number of nitrogens with one attached hydrogen (secondary N) is 1. The molecule has 1 amide bonds. The highest BCUT2D eigenvalue weighted by atomic mass is 32.1. The molecule has 0 aliphatic carbocycles. The zero-order chi connectivity index (χ0) is 15.9. The number of fused-ring (bicyclic) bond motifs is 1. The van der Waals surface area contributed by atoms with Crippen LogP contribution < -0.4 is 10.2 Å². The predicted molar refractivity (Wildman–Crippen MR) is 82.8 cm³/mol. The summed E-state index contributed by atoms with van der Waals surface area (Å²) in [5.74, 6) is 0. The van der Waals surface area contributed by atoms with Gasteiger partial charge in [0.05, 0.1) is 20.7 Å². The molecule has 1 aliphatic heterocycles. The van der Waals surface area contributed by atoms with E-state index in [1.165, 1.54) is 17.4 Å². The number of nitro benzene ring substituents is 1. The molecule has 8 nitrogen and oxygen atoms in total. The third-order valence-electron chi connectivity index (χ3n) is 3.65. The maximum absolute atomic E-state index is 11.3. The Hall–Kier alpha value is -2.42. The molecule has 0 bridgehead atoms. The van der Waals surface area contributed by atoms with Crippen LogP contribution in [-0.2, 0) is 0 Å². The Balaban J connectivity index is 2.03. The van der Waals surface area contributed by atoms with Crippen LogP contribution >= 0.6 is 11.3 Å². The molecule has 0 radical (unpaired) electrons. The largest absolute Gasteiger partial charge is 0.465 e. The third kappa shape index (κ3) is 2.54. The standard InChI is InChI=1S/C13H14N4O4S/c1-7-14-11-10(22-7)3-2-9(17(20)21)12(11)16-5-4-8(6-16)15-13(18)19/h2-3,8,15H,4-6H2,1H3,(H,18,19)/t8-/m1/s1. The maximum atomic E-state index is 11.3. The van der Waals surface area contributed by atoms with Gasteiger partial charge in [0.1, 0.15) is 11.2 Å². The Morgan fingerprint density at radius 3 is 3.05 bits per heavy atom. The van der Waals surface area contributed by atoms with Crippen molar-refractivity contribution in [3.8, 4) is 0 Å². The molecule has 0 saturated carbocycles. The summed E-state index contributed by atoms with van der Waals surface area (Å²) >= 11 is 1.49. The average Bonchev–Trinajstić information content (AvgIpc) is 3.01. The van der Waals surface area contributed by atoms with E-state index in [1.54, 1.807) is 6.07 Å². The Morgan fingerprint density at radius 2 is 2.36 bits per heavy atom. The van der Waals surface area contributed by atoms with Gasteiger partial charge in [-0.15, -0.1) is 11.3 Å². The van der Waals surface area contributed by atoms with E-state index in [9.17, 15) is 14.9 Å². The van der Waals surface area contributed by atoms with Gasteiger partial charge in [-0.1, -0.05) is 0 Å². The first-order chi connectivity index (χ1) is 10.5. The molecule has 2 aromatic rings. The molecule has 1 aromatic heterocycles. The topological polar surface area (TPSA) is 109 Å². The van der Waals surface area contributed by atoms with E-state index in [4.69, 9.17) is 5.11 Å². The summed E-state index contributed by atoms with van der Waals surface area (Å²) in [5, 5.41) is 23.4. The minimum Gasteiger partial charge on any atom is -0.465 e. The molecule has 22 heavy (non-hydrogen) atoms. The highest BCUT2D eigenvalue weighted by molar-refractivity contribution is 7.18. The van der Waals surface area contributed by atoms with Crippen LogP contribution in [0.25, 0.3) is 10.2 Å². The monoisotopic (exact) mass is 322 g/mol. The van der Waals surface area contributed by atoms with Gasteiger partial charge in [0.15, 0.2) is 0 Å². The number of thiazole rings is 1. The van der Waals surface area contributed by atoms with E-state index in [0.29, 0.717) is 30.7 Å². The van der Waals surface area contributed by atoms with Crippen LogP contribution in [0.15, 0.2) is 12.1 Å². The molecule has 0 unspecified atom stereocenters. The number of carbonyl (C=O) groups is 1. The van der Waals surface area contributed by atoms with Crippen LogP contribution in [0.1, 0.15) is 11.4 Å².